The maximum atomic E-state index is 14.1. The van der Waals surface area contributed by atoms with Crippen LogP contribution in [0.15, 0.2) is 66.7 Å². The number of aryl methyl sites for hydroxylation is 1. The van der Waals surface area contributed by atoms with Crippen LogP contribution in [0.25, 0.3) is 0 Å². The molecule has 31 heavy (non-hydrogen) atoms. The lowest BCUT2D eigenvalue weighted by Gasteiger charge is -2.25. The van der Waals surface area contributed by atoms with E-state index in [0.717, 1.165) is 5.56 Å². The molecule has 1 atom stereocenters. The molecule has 7 heteroatoms. The number of halogens is 1. The standard InChI is InChI=1S/C24H21FN2O3S/c1-15-3-10-19(13-21(15)25)27-22(28)14-31-24(27)17-4-8-18(9-5-17)26-23(29)16-6-11-20(30-2)12-7-16/h3-13,24H,14H2,1-2H3,(H,26,29)/t24-/m1/s1. The Morgan fingerprint density at radius 1 is 1.10 bits per heavy atom. The number of nitrogens with one attached hydrogen (secondary N) is 1. The Hall–Kier alpha value is -3.32. The van der Waals surface area contributed by atoms with E-state index in [2.05, 4.69) is 5.32 Å². The molecule has 0 unspecified atom stereocenters. The highest BCUT2D eigenvalue weighted by Crippen LogP contribution is 2.42. The lowest BCUT2D eigenvalue weighted by atomic mass is 10.1. The molecule has 0 bridgehead atoms. The molecule has 1 aliphatic heterocycles. The second-order valence-corrected chi connectivity index (χ2v) is 8.23. The summed E-state index contributed by atoms with van der Waals surface area (Å²) < 4.78 is 19.2. The number of carbonyl (C=O) groups excluding carboxylic acids is 2. The van der Waals surface area contributed by atoms with Crippen molar-refractivity contribution in [3.63, 3.8) is 0 Å². The van der Waals surface area contributed by atoms with Gasteiger partial charge in [-0.1, -0.05) is 18.2 Å². The van der Waals surface area contributed by atoms with Crippen LogP contribution in [0.2, 0.25) is 0 Å². The first-order valence-electron chi connectivity index (χ1n) is 9.71. The Balaban J connectivity index is 1.50. The van der Waals surface area contributed by atoms with Gasteiger partial charge in [0.05, 0.1) is 12.9 Å². The largest absolute Gasteiger partial charge is 0.497 e. The molecule has 1 fully saturated rings. The minimum Gasteiger partial charge on any atom is -0.497 e. The number of methoxy groups -OCH3 is 1. The van der Waals surface area contributed by atoms with Crippen molar-refractivity contribution in [1.29, 1.82) is 0 Å². The number of hydrogen-bond donors (Lipinski definition) is 1. The van der Waals surface area contributed by atoms with Crippen LogP contribution in [-0.2, 0) is 4.79 Å². The molecular formula is C24H21FN2O3S. The lowest BCUT2D eigenvalue weighted by Crippen LogP contribution is -2.28. The zero-order valence-electron chi connectivity index (χ0n) is 17.1. The van der Waals surface area contributed by atoms with Crippen LogP contribution in [-0.4, -0.2) is 24.7 Å². The summed E-state index contributed by atoms with van der Waals surface area (Å²) in [4.78, 5) is 26.6. The summed E-state index contributed by atoms with van der Waals surface area (Å²) >= 11 is 1.49. The quantitative estimate of drug-likeness (QED) is 0.599. The third-order valence-electron chi connectivity index (χ3n) is 5.11. The summed E-state index contributed by atoms with van der Waals surface area (Å²) in [5.41, 5.74) is 3.15. The van der Waals surface area contributed by atoms with Gasteiger partial charge in [0, 0.05) is 16.9 Å². The summed E-state index contributed by atoms with van der Waals surface area (Å²) in [5.74, 6) is 0.392. The first-order valence-corrected chi connectivity index (χ1v) is 10.8. The average Bonchev–Trinajstić information content (AvgIpc) is 3.17. The van der Waals surface area contributed by atoms with Crippen molar-refractivity contribution in [2.75, 3.05) is 23.1 Å². The van der Waals surface area contributed by atoms with Crippen molar-refractivity contribution in [3.05, 3.63) is 89.2 Å². The molecular weight excluding hydrogens is 415 g/mol. The molecule has 0 radical (unpaired) electrons. The molecule has 1 saturated heterocycles. The molecule has 0 saturated carbocycles. The number of rotatable bonds is 5. The second-order valence-electron chi connectivity index (χ2n) is 7.17. The summed E-state index contributed by atoms with van der Waals surface area (Å²) in [5, 5.41) is 2.61. The van der Waals surface area contributed by atoms with E-state index < -0.39 is 0 Å². The molecule has 4 rings (SSSR count). The van der Waals surface area contributed by atoms with Crippen molar-refractivity contribution in [2.24, 2.45) is 0 Å². The second kappa shape index (κ2) is 8.81. The zero-order valence-corrected chi connectivity index (χ0v) is 17.9. The van der Waals surface area contributed by atoms with Gasteiger partial charge in [-0.3, -0.25) is 14.5 Å². The van der Waals surface area contributed by atoms with Crippen molar-refractivity contribution in [3.8, 4) is 5.75 Å². The number of amides is 2. The molecule has 0 aromatic heterocycles. The molecule has 1 N–H and O–H groups in total. The van der Waals surface area contributed by atoms with Crippen molar-refractivity contribution >= 4 is 35.0 Å². The van der Waals surface area contributed by atoms with Crippen molar-refractivity contribution in [1.82, 2.24) is 0 Å². The zero-order chi connectivity index (χ0) is 22.0. The number of thioether (sulfide) groups is 1. The van der Waals surface area contributed by atoms with Gasteiger partial charge < -0.3 is 10.1 Å². The van der Waals surface area contributed by atoms with Gasteiger partial charge in [0.15, 0.2) is 0 Å². The molecule has 0 spiro atoms. The van der Waals surface area contributed by atoms with Crippen LogP contribution in [0.3, 0.4) is 0 Å². The van der Waals surface area contributed by atoms with E-state index in [1.807, 2.05) is 12.1 Å². The van der Waals surface area contributed by atoms with Gasteiger partial charge in [-0.05, 0) is 66.6 Å². The molecule has 158 valence electrons. The van der Waals surface area contributed by atoms with Crippen LogP contribution in [0.5, 0.6) is 5.75 Å². The van der Waals surface area contributed by atoms with Crippen LogP contribution in [0.4, 0.5) is 15.8 Å². The number of hydrogen-bond acceptors (Lipinski definition) is 4. The van der Waals surface area contributed by atoms with Gasteiger partial charge in [0.1, 0.15) is 16.9 Å². The number of nitrogens with zero attached hydrogens (tertiary/aromatic N) is 1. The summed E-state index contributed by atoms with van der Waals surface area (Å²) in [6, 6.07) is 19.0. The summed E-state index contributed by atoms with van der Waals surface area (Å²) in [7, 11) is 1.57. The molecule has 5 nitrogen and oxygen atoms in total. The third kappa shape index (κ3) is 4.41. The summed E-state index contributed by atoms with van der Waals surface area (Å²) in [6.07, 6.45) is 0. The van der Waals surface area contributed by atoms with Gasteiger partial charge in [-0.25, -0.2) is 4.39 Å². The van der Waals surface area contributed by atoms with E-state index >= 15 is 0 Å². The fraction of sp³-hybridized carbons (Fsp3) is 0.167. The van der Waals surface area contributed by atoms with E-state index in [1.54, 1.807) is 67.5 Å². The third-order valence-corrected chi connectivity index (χ3v) is 6.32. The fourth-order valence-corrected chi connectivity index (χ4v) is 4.54. The Kier molecular flexibility index (Phi) is 5.95. The number of carbonyl (C=O) groups is 2. The highest BCUT2D eigenvalue weighted by molar-refractivity contribution is 8.00. The Morgan fingerprint density at radius 2 is 1.81 bits per heavy atom. The molecule has 1 heterocycles. The normalized spacial score (nSPS) is 15.8. The first-order chi connectivity index (χ1) is 15.0. The highest BCUT2D eigenvalue weighted by Gasteiger charge is 2.34. The van der Waals surface area contributed by atoms with Crippen molar-refractivity contribution < 1.29 is 18.7 Å². The van der Waals surface area contributed by atoms with Gasteiger partial charge in [0.25, 0.3) is 5.91 Å². The molecule has 2 amide bonds. The smallest absolute Gasteiger partial charge is 0.255 e. The molecule has 1 aliphatic rings. The van der Waals surface area contributed by atoms with Crippen LogP contribution in [0, 0.1) is 12.7 Å². The Morgan fingerprint density at radius 3 is 2.45 bits per heavy atom. The topological polar surface area (TPSA) is 58.6 Å². The lowest BCUT2D eigenvalue weighted by molar-refractivity contribution is -0.115. The van der Waals surface area contributed by atoms with Crippen LogP contribution >= 0.6 is 11.8 Å². The van der Waals surface area contributed by atoms with Gasteiger partial charge in [-0.2, -0.15) is 0 Å². The van der Waals surface area contributed by atoms with Gasteiger partial charge in [0.2, 0.25) is 5.91 Å². The maximum Gasteiger partial charge on any atom is 0.255 e. The predicted octanol–water partition coefficient (Wildman–Crippen LogP) is 5.17. The minimum absolute atomic E-state index is 0.0601. The van der Waals surface area contributed by atoms with Crippen LogP contribution in [0.1, 0.15) is 26.9 Å². The summed E-state index contributed by atoms with van der Waals surface area (Å²) in [6.45, 7) is 1.69. The average molecular weight is 437 g/mol. The number of benzene rings is 3. The first kappa shape index (κ1) is 20.9. The van der Waals surface area contributed by atoms with E-state index in [9.17, 15) is 14.0 Å². The number of ether oxygens (including phenoxy) is 1. The fourth-order valence-electron chi connectivity index (χ4n) is 3.36. The van der Waals surface area contributed by atoms with Gasteiger partial charge in [-0.15, -0.1) is 11.8 Å². The van der Waals surface area contributed by atoms with Gasteiger partial charge >= 0.3 is 0 Å². The maximum absolute atomic E-state index is 14.1. The predicted molar refractivity (Wildman–Crippen MR) is 121 cm³/mol. The number of anilines is 2. The monoisotopic (exact) mass is 436 g/mol. The Bertz CT molecular complexity index is 1120. The van der Waals surface area contributed by atoms with E-state index in [0.29, 0.717) is 34.0 Å². The molecule has 0 aliphatic carbocycles. The molecule has 3 aromatic carbocycles. The SMILES string of the molecule is COc1ccc(C(=O)Nc2ccc([C@H]3SCC(=O)N3c3ccc(C)c(F)c3)cc2)cc1. The van der Waals surface area contributed by atoms with E-state index in [-0.39, 0.29) is 23.0 Å². The molecule has 3 aromatic rings. The van der Waals surface area contributed by atoms with E-state index in [1.165, 1.54) is 17.8 Å². The van der Waals surface area contributed by atoms with Crippen LogP contribution < -0.4 is 15.0 Å². The highest BCUT2D eigenvalue weighted by atomic mass is 32.2. The minimum atomic E-state index is -0.336. The Labute approximate surface area is 184 Å². The van der Waals surface area contributed by atoms with E-state index in [4.69, 9.17) is 4.74 Å². The van der Waals surface area contributed by atoms with Crippen molar-refractivity contribution in [2.45, 2.75) is 12.3 Å².